The van der Waals surface area contributed by atoms with E-state index in [2.05, 4.69) is 79.5 Å². The van der Waals surface area contributed by atoms with E-state index < -0.39 is 0 Å². The van der Waals surface area contributed by atoms with Gasteiger partial charge in [0.1, 0.15) is 0 Å². The van der Waals surface area contributed by atoms with Crippen LogP contribution in [0.3, 0.4) is 0 Å². The number of guanidine groups is 1. The molecule has 4 heteroatoms. The summed E-state index contributed by atoms with van der Waals surface area (Å²) < 4.78 is 0. The van der Waals surface area contributed by atoms with E-state index in [4.69, 9.17) is 0 Å². The Morgan fingerprint density at radius 3 is 2.67 bits per heavy atom. The van der Waals surface area contributed by atoms with E-state index in [0.717, 1.165) is 25.6 Å². The zero-order valence-corrected chi connectivity index (χ0v) is 14.1. The molecule has 0 aliphatic carbocycles. The van der Waals surface area contributed by atoms with Crippen molar-refractivity contribution >= 4 is 5.96 Å². The molecule has 1 aromatic rings. The summed E-state index contributed by atoms with van der Waals surface area (Å²) in [5.74, 6) is 0.885. The normalized spacial score (nSPS) is 12.0. The second-order valence-corrected chi connectivity index (χ2v) is 5.69. The van der Waals surface area contributed by atoms with Gasteiger partial charge in [-0.15, -0.1) is 0 Å². The van der Waals surface area contributed by atoms with Crippen molar-refractivity contribution in [2.75, 3.05) is 26.7 Å². The lowest BCUT2D eigenvalue weighted by Crippen LogP contribution is -2.42. The van der Waals surface area contributed by atoms with Crippen LogP contribution in [0.4, 0.5) is 0 Å². The van der Waals surface area contributed by atoms with E-state index in [1.54, 1.807) is 0 Å². The summed E-state index contributed by atoms with van der Waals surface area (Å²) in [6, 6.07) is 9.06. The highest BCUT2D eigenvalue weighted by Gasteiger charge is 2.03. The minimum Gasteiger partial charge on any atom is -0.357 e. The zero-order chi connectivity index (χ0) is 15.7. The van der Waals surface area contributed by atoms with Crippen molar-refractivity contribution in [2.45, 2.75) is 40.3 Å². The third kappa shape index (κ3) is 7.14. The van der Waals surface area contributed by atoms with E-state index in [9.17, 15) is 0 Å². The number of rotatable bonds is 7. The monoisotopic (exact) mass is 290 g/mol. The van der Waals surface area contributed by atoms with Gasteiger partial charge in [-0.05, 0) is 40.3 Å². The maximum absolute atomic E-state index is 4.64. The fourth-order valence-electron chi connectivity index (χ4n) is 1.93. The molecule has 0 radical (unpaired) electrons. The van der Waals surface area contributed by atoms with Crippen molar-refractivity contribution in [3.05, 3.63) is 35.4 Å². The van der Waals surface area contributed by atoms with E-state index in [0.29, 0.717) is 12.6 Å². The average molecular weight is 290 g/mol. The quantitative estimate of drug-likeness (QED) is 0.598. The first-order valence-corrected chi connectivity index (χ1v) is 7.81. The van der Waals surface area contributed by atoms with Crippen LogP contribution in [0.2, 0.25) is 0 Å². The minimum atomic E-state index is 0.568. The topological polar surface area (TPSA) is 39.7 Å². The third-order valence-corrected chi connectivity index (χ3v) is 3.48. The Morgan fingerprint density at radius 2 is 2.05 bits per heavy atom. The van der Waals surface area contributed by atoms with Gasteiger partial charge in [0.05, 0.1) is 6.54 Å². The number of nitrogens with zero attached hydrogens (tertiary/aromatic N) is 2. The van der Waals surface area contributed by atoms with Crippen molar-refractivity contribution in [3.63, 3.8) is 0 Å². The van der Waals surface area contributed by atoms with Gasteiger partial charge in [-0.1, -0.05) is 29.8 Å². The van der Waals surface area contributed by atoms with Gasteiger partial charge in [0.15, 0.2) is 5.96 Å². The van der Waals surface area contributed by atoms with Crippen LogP contribution in [-0.2, 0) is 6.54 Å². The summed E-state index contributed by atoms with van der Waals surface area (Å²) in [6.07, 6.45) is 0. The van der Waals surface area contributed by atoms with Gasteiger partial charge < -0.3 is 15.5 Å². The molecule has 2 N–H and O–H groups in total. The summed E-state index contributed by atoms with van der Waals surface area (Å²) in [5.41, 5.74) is 2.52. The summed E-state index contributed by atoms with van der Waals surface area (Å²) >= 11 is 0. The molecule has 1 aromatic carbocycles. The molecule has 1 rings (SSSR count). The molecule has 0 fully saturated rings. The van der Waals surface area contributed by atoms with Crippen molar-refractivity contribution in [1.29, 1.82) is 0 Å². The largest absolute Gasteiger partial charge is 0.357 e. The van der Waals surface area contributed by atoms with Crippen LogP contribution in [0.15, 0.2) is 29.3 Å². The fraction of sp³-hybridized carbons (Fsp3) is 0.588. The number of hydrogen-bond acceptors (Lipinski definition) is 2. The molecule has 0 bridgehead atoms. The van der Waals surface area contributed by atoms with Crippen molar-refractivity contribution in [3.8, 4) is 0 Å². The van der Waals surface area contributed by atoms with E-state index in [1.165, 1.54) is 11.1 Å². The molecule has 4 nitrogen and oxygen atoms in total. The molecule has 0 aliphatic rings. The Bertz CT molecular complexity index is 440. The average Bonchev–Trinajstić information content (AvgIpc) is 2.44. The van der Waals surface area contributed by atoms with Crippen molar-refractivity contribution < 1.29 is 0 Å². The maximum atomic E-state index is 4.64. The lowest BCUT2D eigenvalue weighted by molar-refractivity contribution is 0.278. The predicted molar refractivity (Wildman–Crippen MR) is 91.8 cm³/mol. The zero-order valence-electron chi connectivity index (χ0n) is 14.1. The maximum Gasteiger partial charge on any atom is 0.191 e. The molecule has 0 unspecified atom stereocenters. The number of nitrogens with one attached hydrogen (secondary N) is 2. The van der Waals surface area contributed by atoms with Crippen LogP contribution in [0, 0.1) is 6.92 Å². The number of hydrogen-bond donors (Lipinski definition) is 2. The first-order valence-electron chi connectivity index (χ1n) is 7.81. The van der Waals surface area contributed by atoms with Crippen molar-refractivity contribution in [2.24, 2.45) is 4.99 Å². The minimum absolute atomic E-state index is 0.568. The smallest absolute Gasteiger partial charge is 0.191 e. The van der Waals surface area contributed by atoms with Gasteiger partial charge in [-0.2, -0.15) is 0 Å². The Hall–Kier alpha value is -1.55. The first kappa shape index (κ1) is 17.5. The van der Waals surface area contributed by atoms with Crippen LogP contribution < -0.4 is 10.6 Å². The molecular formula is C17H30N4. The Kier molecular flexibility index (Phi) is 7.83. The highest BCUT2D eigenvalue weighted by Crippen LogP contribution is 2.04. The molecule has 0 saturated carbocycles. The summed E-state index contributed by atoms with van der Waals surface area (Å²) in [4.78, 5) is 6.96. The molecule has 118 valence electrons. The second-order valence-electron chi connectivity index (χ2n) is 5.69. The molecule has 0 amide bonds. The molecule has 0 aromatic heterocycles. The number of likely N-dealkylation sites (N-methyl/N-ethyl adjacent to an activating group) is 1. The van der Waals surface area contributed by atoms with Gasteiger partial charge >= 0.3 is 0 Å². The summed E-state index contributed by atoms with van der Waals surface area (Å²) in [5, 5.41) is 6.68. The molecular weight excluding hydrogens is 260 g/mol. The highest BCUT2D eigenvalue weighted by atomic mass is 15.2. The van der Waals surface area contributed by atoms with Crippen LogP contribution >= 0.6 is 0 Å². The highest BCUT2D eigenvalue weighted by molar-refractivity contribution is 5.79. The number of aliphatic imine (C=N–C) groups is 1. The lowest BCUT2D eigenvalue weighted by atomic mass is 10.1. The lowest BCUT2D eigenvalue weighted by Gasteiger charge is -2.21. The van der Waals surface area contributed by atoms with Gasteiger partial charge in [0.25, 0.3) is 0 Å². The first-order chi connectivity index (χ1) is 10.0. The second kappa shape index (κ2) is 9.40. The van der Waals surface area contributed by atoms with Crippen LogP contribution in [0.1, 0.15) is 31.9 Å². The van der Waals surface area contributed by atoms with Crippen molar-refractivity contribution in [1.82, 2.24) is 15.5 Å². The Labute approximate surface area is 129 Å². The fourth-order valence-corrected chi connectivity index (χ4v) is 1.93. The molecule has 0 atom stereocenters. The van der Waals surface area contributed by atoms with Gasteiger partial charge in [-0.3, -0.25) is 0 Å². The van der Waals surface area contributed by atoms with Gasteiger partial charge in [-0.25, -0.2) is 4.99 Å². The number of benzene rings is 1. The molecule has 0 spiro atoms. The van der Waals surface area contributed by atoms with Gasteiger partial charge in [0, 0.05) is 25.7 Å². The van der Waals surface area contributed by atoms with E-state index in [-0.39, 0.29) is 0 Å². The van der Waals surface area contributed by atoms with Crippen LogP contribution in [0.25, 0.3) is 0 Å². The number of aryl methyl sites for hydroxylation is 1. The third-order valence-electron chi connectivity index (χ3n) is 3.48. The summed E-state index contributed by atoms with van der Waals surface area (Å²) in [7, 11) is 2.14. The van der Waals surface area contributed by atoms with E-state index >= 15 is 0 Å². The van der Waals surface area contributed by atoms with Gasteiger partial charge in [0.2, 0.25) is 0 Å². The summed E-state index contributed by atoms with van der Waals surface area (Å²) in [6.45, 7) is 12.1. The van der Waals surface area contributed by atoms with E-state index in [1.807, 2.05) is 0 Å². The molecule has 0 heterocycles. The molecule has 0 aliphatic heterocycles. The standard InChI is InChI=1S/C17H30N4/c1-6-18-17(19-10-11-21(5)14(2)3)20-13-16-9-7-8-15(4)12-16/h7-9,12,14H,6,10-11,13H2,1-5H3,(H2,18,19,20). The molecule has 21 heavy (non-hydrogen) atoms. The Balaban J connectivity index is 2.50. The SMILES string of the molecule is CCNC(=NCc1cccc(C)c1)NCCN(C)C(C)C. The van der Waals surface area contributed by atoms with Crippen LogP contribution in [0.5, 0.6) is 0 Å². The molecule has 0 saturated heterocycles. The Morgan fingerprint density at radius 1 is 1.29 bits per heavy atom. The predicted octanol–water partition coefficient (Wildman–Crippen LogP) is 2.39. The van der Waals surface area contributed by atoms with Crippen LogP contribution in [-0.4, -0.2) is 43.6 Å².